The number of piperazine rings is 1. The third-order valence-corrected chi connectivity index (χ3v) is 5.21. The normalized spacial score (nSPS) is 15.7. The maximum Gasteiger partial charge on any atom is 0.287 e. The molecule has 1 aliphatic rings. The summed E-state index contributed by atoms with van der Waals surface area (Å²) in [7, 11) is 0. The number of furan rings is 1. The molecule has 1 saturated heterocycles. The van der Waals surface area contributed by atoms with E-state index in [4.69, 9.17) is 4.42 Å². The van der Waals surface area contributed by atoms with Crippen molar-refractivity contribution >= 4 is 23.2 Å². The molecule has 26 heavy (non-hydrogen) atoms. The Kier molecular flexibility index (Phi) is 6.82. The Morgan fingerprint density at radius 3 is 2.58 bits per heavy atom. The number of nitrogens with one attached hydrogen (secondary N) is 2. The van der Waals surface area contributed by atoms with Crippen LogP contribution in [0.1, 0.15) is 15.4 Å². The molecule has 0 bridgehead atoms. The molecule has 0 unspecified atom stereocenters. The minimum absolute atomic E-state index is 0.0672. The lowest BCUT2D eigenvalue weighted by Gasteiger charge is -2.34. The van der Waals surface area contributed by atoms with Crippen LogP contribution >= 0.6 is 11.3 Å². The Hall–Kier alpha value is -2.16. The van der Waals surface area contributed by atoms with Gasteiger partial charge in [-0.2, -0.15) is 0 Å². The molecule has 0 saturated carbocycles. The lowest BCUT2D eigenvalue weighted by Crippen LogP contribution is -2.50. The lowest BCUT2D eigenvalue weighted by atomic mass is 10.3. The first kappa shape index (κ1) is 18.6. The summed E-state index contributed by atoms with van der Waals surface area (Å²) >= 11 is 1.65. The molecule has 2 aromatic rings. The predicted octanol–water partition coefficient (Wildman–Crippen LogP) is 1.00. The van der Waals surface area contributed by atoms with Gasteiger partial charge in [0.2, 0.25) is 5.91 Å². The molecule has 0 radical (unpaired) electrons. The van der Waals surface area contributed by atoms with Crippen molar-refractivity contribution in [3.63, 3.8) is 0 Å². The molecule has 140 valence electrons. The number of hydrogen-bond donors (Lipinski definition) is 2. The number of carbonyl (C=O) groups is 2. The summed E-state index contributed by atoms with van der Waals surface area (Å²) in [6, 6.07) is 7.36. The SMILES string of the molecule is O=C(CN1CCN(CCNC(=O)c2ccco2)CC1)NCc1cccs1. The van der Waals surface area contributed by atoms with Crippen LogP contribution in [0.15, 0.2) is 40.3 Å². The van der Waals surface area contributed by atoms with Gasteiger partial charge in [0, 0.05) is 44.1 Å². The van der Waals surface area contributed by atoms with E-state index >= 15 is 0 Å². The Morgan fingerprint density at radius 1 is 1.08 bits per heavy atom. The topological polar surface area (TPSA) is 77.8 Å². The van der Waals surface area contributed by atoms with Gasteiger partial charge >= 0.3 is 0 Å². The first-order valence-electron chi connectivity index (χ1n) is 8.76. The summed E-state index contributed by atoms with van der Waals surface area (Å²) in [5.74, 6) is 0.219. The summed E-state index contributed by atoms with van der Waals surface area (Å²) in [5, 5.41) is 7.83. The zero-order chi connectivity index (χ0) is 18.2. The quantitative estimate of drug-likeness (QED) is 0.719. The third kappa shape index (κ3) is 5.69. The van der Waals surface area contributed by atoms with Crippen molar-refractivity contribution in [2.75, 3.05) is 45.8 Å². The van der Waals surface area contributed by atoms with Crippen LogP contribution in [-0.4, -0.2) is 67.4 Å². The van der Waals surface area contributed by atoms with Crippen LogP contribution in [0.4, 0.5) is 0 Å². The predicted molar refractivity (Wildman–Crippen MR) is 100 cm³/mol. The van der Waals surface area contributed by atoms with E-state index in [-0.39, 0.29) is 11.8 Å². The second kappa shape index (κ2) is 9.51. The molecule has 2 N–H and O–H groups in total. The van der Waals surface area contributed by atoms with Gasteiger partial charge in [-0.1, -0.05) is 6.07 Å². The Balaban J connectivity index is 1.27. The standard InChI is InChI=1S/C18H24N4O3S/c23-17(20-13-15-3-2-12-26-15)14-22-9-7-21(8-10-22)6-5-19-18(24)16-4-1-11-25-16/h1-4,11-12H,5-10,13-14H2,(H,19,24)(H,20,23). The number of nitrogens with zero attached hydrogens (tertiary/aromatic N) is 2. The average molecular weight is 376 g/mol. The number of amides is 2. The second-order valence-electron chi connectivity index (χ2n) is 6.21. The summed E-state index contributed by atoms with van der Waals surface area (Å²) in [4.78, 5) is 29.5. The van der Waals surface area contributed by atoms with E-state index < -0.39 is 0 Å². The van der Waals surface area contributed by atoms with Gasteiger partial charge in [-0.05, 0) is 23.6 Å². The van der Waals surface area contributed by atoms with Crippen molar-refractivity contribution in [2.24, 2.45) is 0 Å². The van der Waals surface area contributed by atoms with Crippen LogP contribution in [-0.2, 0) is 11.3 Å². The zero-order valence-electron chi connectivity index (χ0n) is 14.6. The van der Waals surface area contributed by atoms with Crippen LogP contribution in [0.5, 0.6) is 0 Å². The lowest BCUT2D eigenvalue weighted by molar-refractivity contribution is -0.122. The maximum absolute atomic E-state index is 12.0. The highest BCUT2D eigenvalue weighted by molar-refractivity contribution is 7.09. The molecule has 3 heterocycles. The van der Waals surface area contributed by atoms with E-state index in [1.54, 1.807) is 23.5 Å². The van der Waals surface area contributed by atoms with Crippen molar-refractivity contribution in [3.8, 4) is 0 Å². The fourth-order valence-electron chi connectivity index (χ4n) is 2.85. The first-order valence-corrected chi connectivity index (χ1v) is 9.64. The number of thiophene rings is 1. The molecule has 0 spiro atoms. The molecule has 1 fully saturated rings. The van der Waals surface area contributed by atoms with Crippen LogP contribution in [0.25, 0.3) is 0 Å². The highest BCUT2D eigenvalue weighted by Gasteiger charge is 2.19. The van der Waals surface area contributed by atoms with Gasteiger partial charge < -0.3 is 15.1 Å². The van der Waals surface area contributed by atoms with E-state index in [2.05, 4.69) is 20.4 Å². The van der Waals surface area contributed by atoms with Crippen LogP contribution in [0, 0.1) is 0 Å². The van der Waals surface area contributed by atoms with Gasteiger partial charge in [-0.25, -0.2) is 0 Å². The monoisotopic (exact) mass is 376 g/mol. The van der Waals surface area contributed by atoms with Crippen molar-refractivity contribution in [1.82, 2.24) is 20.4 Å². The number of carbonyl (C=O) groups excluding carboxylic acids is 2. The molecule has 7 nitrogen and oxygen atoms in total. The fraction of sp³-hybridized carbons (Fsp3) is 0.444. The van der Waals surface area contributed by atoms with Gasteiger partial charge in [0.1, 0.15) is 0 Å². The fourth-order valence-corrected chi connectivity index (χ4v) is 3.50. The average Bonchev–Trinajstić information content (AvgIpc) is 3.35. The summed E-state index contributed by atoms with van der Waals surface area (Å²) in [6.45, 7) is 5.94. The highest BCUT2D eigenvalue weighted by Crippen LogP contribution is 2.07. The smallest absolute Gasteiger partial charge is 0.287 e. The summed E-state index contributed by atoms with van der Waals surface area (Å²) < 4.78 is 5.06. The molecular weight excluding hydrogens is 352 g/mol. The zero-order valence-corrected chi connectivity index (χ0v) is 15.5. The van der Waals surface area contributed by atoms with Crippen LogP contribution in [0.2, 0.25) is 0 Å². The van der Waals surface area contributed by atoms with Gasteiger partial charge in [-0.15, -0.1) is 11.3 Å². The number of hydrogen-bond acceptors (Lipinski definition) is 6. The molecular formula is C18H24N4O3S. The molecule has 8 heteroatoms. The molecule has 3 rings (SSSR count). The van der Waals surface area contributed by atoms with Crippen molar-refractivity contribution in [2.45, 2.75) is 6.54 Å². The van der Waals surface area contributed by atoms with Gasteiger partial charge in [0.15, 0.2) is 5.76 Å². The maximum atomic E-state index is 12.0. The first-order chi connectivity index (χ1) is 12.7. The minimum Gasteiger partial charge on any atom is -0.459 e. The largest absolute Gasteiger partial charge is 0.459 e. The molecule has 0 aromatic carbocycles. The second-order valence-corrected chi connectivity index (χ2v) is 7.24. The number of rotatable bonds is 8. The van der Waals surface area contributed by atoms with E-state index in [1.165, 1.54) is 11.1 Å². The highest BCUT2D eigenvalue weighted by atomic mass is 32.1. The Labute approximate surface area is 157 Å². The minimum atomic E-state index is -0.184. The van der Waals surface area contributed by atoms with E-state index in [0.717, 1.165) is 32.7 Å². The Morgan fingerprint density at radius 2 is 1.88 bits per heavy atom. The van der Waals surface area contributed by atoms with Crippen molar-refractivity contribution in [3.05, 3.63) is 46.5 Å². The Bertz CT molecular complexity index is 679. The van der Waals surface area contributed by atoms with Crippen LogP contribution < -0.4 is 10.6 Å². The molecule has 2 aromatic heterocycles. The molecule has 0 atom stereocenters. The summed E-state index contributed by atoms with van der Waals surface area (Å²) in [6.07, 6.45) is 1.49. The van der Waals surface area contributed by atoms with E-state index in [9.17, 15) is 9.59 Å². The van der Waals surface area contributed by atoms with Crippen LogP contribution in [0.3, 0.4) is 0 Å². The van der Waals surface area contributed by atoms with Gasteiger partial charge in [0.25, 0.3) is 5.91 Å². The van der Waals surface area contributed by atoms with E-state index in [1.807, 2.05) is 17.5 Å². The van der Waals surface area contributed by atoms with Gasteiger partial charge in [-0.3, -0.25) is 19.4 Å². The third-order valence-electron chi connectivity index (χ3n) is 4.33. The molecule has 2 amide bonds. The molecule has 0 aliphatic carbocycles. The summed E-state index contributed by atoms with van der Waals surface area (Å²) in [5.41, 5.74) is 0. The van der Waals surface area contributed by atoms with Crippen molar-refractivity contribution in [1.29, 1.82) is 0 Å². The van der Waals surface area contributed by atoms with Crippen molar-refractivity contribution < 1.29 is 14.0 Å². The van der Waals surface area contributed by atoms with Gasteiger partial charge in [0.05, 0.1) is 19.4 Å². The molecule has 1 aliphatic heterocycles. The van der Waals surface area contributed by atoms with E-state index in [0.29, 0.717) is 25.4 Å².